The summed E-state index contributed by atoms with van der Waals surface area (Å²) in [6.07, 6.45) is 3.82. The third-order valence-corrected chi connectivity index (χ3v) is 6.62. The van der Waals surface area contributed by atoms with Crippen molar-refractivity contribution in [3.8, 4) is 0 Å². The number of aromatic amines is 1. The highest BCUT2D eigenvalue weighted by Crippen LogP contribution is 2.23. The van der Waals surface area contributed by atoms with Crippen LogP contribution in [-0.2, 0) is 9.59 Å². The molecule has 2 unspecified atom stereocenters. The number of rotatable bonds is 9. The molecule has 3 heterocycles. The molecule has 3 atom stereocenters. The molecule has 10 nitrogen and oxygen atoms in total. The van der Waals surface area contributed by atoms with Crippen molar-refractivity contribution in [3.63, 3.8) is 0 Å². The number of halogens is 1. The molecule has 0 aliphatic carbocycles. The Morgan fingerprint density at radius 2 is 2.06 bits per heavy atom. The van der Waals surface area contributed by atoms with Crippen LogP contribution in [0, 0.1) is 5.82 Å². The fourth-order valence-electron chi connectivity index (χ4n) is 4.54. The molecule has 0 spiro atoms. The van der Waals surface area contributed by atoms with E-state index in [0.717, 1.165) is 25.7 Å². The number of para-hydroxylation sites is 1. The van der Waals surface area contributed by atoms with E-state index in [4.69, 9.17) is 4.52 Å². The van der Waals surface area contributed by atoms with Gasteiger partial charge in [-0.05, 0) is 44.7 Å². The Morgan fingerprint density at radius 3 is 2.75 bits per heavy atom. The highest BCUT2D eigenvalue weighted by molar-refractivity contribution is 5.90. The first-order chi connectivity index (χ1) is 17.3. The summed E-state index contributed by atoms with van der Waals surface area (Å²) in [4.78, 5) is 40.2. The summed E-state index contributed by atoms with van der Waals surface area (Å²) in [5, 5.41) is 9.78. The number of benzene rings is 1. The summed E-state index contributed by atoms with van der Waals surface area (Å²) in [5.41, 5.74) is 0.750. The van der Waals surface area contributed by atoms with Gasteiger partial charge in [-0.2, -0.15) is 4.98 Å². The van der Waals surface area contributed by atoms with Crippen LogP contribution in [0.1, 0.15) is 83.4 Å². The smallest absolute Gasteiger partial charge is 0.322 e. The van der Waals surface area contributed by atoms with E-state index >= 15 is 0 Å². The van der Waals surface area contributed by atoms with Crippen molar-refractivity contribution in [2.75, 3.05) is 11.9 Å². The second kappa shape index (κ2) is 11.0. The van der Waals surface area contributed by atoms with Gasteiger partial charge in [0, 0.05) is 18.5 Å². The number of carbonyl (C=O) groups is 2. The number of aromatic nitrogens is 4. The molecular weight excluding hydrogens is 465 g/mol. The molecule has 0 radical (unpaired) electrons. The average Bonchev–Trinajstić information content (AvgIpc) is 3.52. The van der Waals surface area contributed by atoms with Crippen molar-refractivity contribution in [1.82, 2.24) is 30.3 Å². The van der Waals surface area contributed by atoms with Gasteiger partial charge >= 0.3 is 6.01 Å². The molecule has 4 rings (SSSR count). The van der Waals surface area contributed by atoms with Crippen LogP contribution in [0.4, 0.5) is 10.4 Å². The molecule has 1 aromatic carbocycles. The minimum atomic E-state index is -0.944. The topological polar surface area (TPSA) is 129 Å². The van der Waals surface area contributed by atoms with Crippen LogP contribution in [0.3, 0.4) is 0 Å². The number of piperidine rings is 1. The number of fused-ring (bicyclic) bond motifs is 1. The Hall–Kier alpha value is -3.50. The maximum atomic E-state index is 14.1. The van der Waals surface area contributed by atoms with Gasteiger partial charge in [0.15, 0.2) is 11.6 Å². The molecule has 1 aliphatic heterocycles. The summed E-state index contributed by atoms with van der Waals surface area (Å²) < 4.78 is 19.4. The molecule has 2 amide bonds. The average molecular weight is 500 g/mol. The van der Waals surface area contributed by atoms with Crippen molar-refractivity contribution in [3.05, 3.63) is 35.7 Å². The van der Waals surface area contributed by atoms with E-state index in [-0.39, 0.29) is 35.8 Å². The lowest BCUT2D eigenvalue weighted by atomic mass is 9.99. The summed E-state index contributed by atoms with van der Waals surface area (Å²) >= 11 is 0. The zero-order valence-electron chi connectivity index (χ0n) is 21.2. The van der Waals surface area contributed by atoms with E-state index in [1.54, 1.807) is 19.1 Å². The van der Waals surface area contributed by atoms with Gasteiger partial charge in [0.05, 0.1) is 18.0 Å². The van der Waals surface area contributed by atoms with Gasteiger partial charge in [-0.1, -0.05) is 32.0 Å². The Kier molecular flexibility index (Phi) is 7.85. The second-order valence-corrected chi connectivity index (χ2v) is 9.65. The molecule has 11 heteroatoms. The molecule has 2 aromatic heterocycles. The standard InChI is InChI=1S/C25H34FN7O3/c1-5-16-9-6-7-12-33(16)20(34)13-19(29-25-31-22(14(2)3)32-36-25)24(35)27-15(4)23-28-18-11-8-10-17(26)21(18)30-23/h8,10-11,14-16,19H,5-7,9,12-13H2,1-4H3,(H,27,35)(H,28,30)(H,29,31,32)/t15?,16-,19?/m0/s1. The third-order valence-electron chi connectivity index (χ3n) is 6.62. The van der Waals surface area contributed by atoms with Crippen LogP contribution in [0.25, 0.3) is 11.0 Å². The quantitative estimate of drug-likeness (QED) is 0.405. The first-order valence-corrected chi connectivity index (χ1v) is 12.6. The minimum Gasteiger partial charge on any atom is -0.345 e. The van der Waals surface area contributed by atoms with Crippen LogP contribution in [-0.4, -0.2) is 55.5 Å². The molecule has 3 aromatic rings. The second-order valence-electron chi connectivity index (χ2n) is 9.65. The Morgan fingerprint density at radius 1 is 1.25 bits per heavy atom. The van der Waals surface area contributed by atoms with E-state index in [9.17, 15) is 14.0 Å². The van der Waals surface area contributed by atoms with Crippen molar-refractivity contribution in [2.24, 2.45) is 0 Å². The number of hydrogen-bond donors (Lipinski definition) is 3. The molecule has 1 fully saturated rings. The molecule has 0 saturated carbocycles. The highest BCUT2D eigenvalue weighted by Gasteiger charge is 2.31. The number of carbonyl (C=O) groups excluding carboxylic acids is 2. The van der Waals surface area contributed by atoms with Crippen LogP contribution in [0.15, 0.2) is 22.7 Å². The number of imidazole rings is 1. The zero-order valence-corrected chi connectivity index (χ0v) is 21.2. The van der Waals surface area contributed by atoms with E-state index in [1.807, 2.05) is 18.7 Å². The number of likely N-dealkylation sites (tertiary alicyclic amines) is 1. The van der Waals surface area contributed by atoms with Crippen molar-refractivity contribution < 1.29 is 18.5 Å². The maximum Gasteiger partial charge on any atom is 0.322 e. The summed E-state index contributed by atoms with van der Waals surface area (Å²) in [6, 6.07) is 3.40. The monoisotopic (exact) mass is 499 g/mol. The normalized spacial score (nSPS) is 17.8. The van der Waals surface area contributed by atoms with E-state index in [0.29, 0.717) is 23.7 Å². The third kappa shape index (κ3) is 5.66. The number of amides is 2. The predicted octanol–water partition coefficient (Wildman–Crippen LogP) is 4.05. The lowest BCUT2D eigenvalue weighted by Gasteiger charge is -2.36. The van der Waals surface area contributed by atoms with E-state index in [2.05, 4.69) is 37.7 Å². The summed E-state index contributed by atoms with van der Waals surface area (Å²) in [5.74, 6) is -0.00554. The molecule has 194 valence electrons. The Bertz CT molecular complexity index is 1210. The number of H-pyrrole nitrogens is 1. The number of anilines is 1. The molecule has 1 aliphatic rings. The van der Waals surface area contributed by atoms with Crippen LogP contribution in [0.2, 0.25) is 0 Å². The van der Waals surface area contributed by atoms with Gasteiger partial charge < -0.3 is 25.0 Å². The fraction of sp³-hybridized carbons (Fsp3) is 0.560. The van der Waals surface area contributed by atoms with Crippen LogP contribution >= 0.6 is 0 Å². The van der Waals surface area contributed by atoms with Gasteiger partial charge in [-0.25, -0.2) is 9.37 Å². The predicted molar refractivity (Wildman–Crippen MR) is 133 cm³/mol. The molecule has 36 heavy (non-hydrogen) atoms. The van der Waals surface area contributed by atoms with Crippen molar-refractivity contribution in [1.29, 1.82) is 0 Å². The van der Waals surface area contributed by atoms with Crippen LogP contribution in [0.5, 0.6) is 0 Å². The lowest BCUT2D eigenvalue weighted by molar-refractivity contribution is -0.137. The van der Waals surface area contributed by atoms with E-state index in [1.165, 1.54) is 6.07 Å². The number of nitrogens with zero attached hydrogens (tertiary/aromatic N) is 4. The van der Waals surface area contributed by atoms with Crippen molar-refractivity contribution in [2.45, 2.75) is 83.8 Å². The maximum absolute atomic E-state index is 14.1. The van der Waals surface area contributed by atoms with Gasteiger partial charge in [0.25, 0.3) is 0 Å². The molecule has 3 N–H and O–H groups in total. The first kappa shape index (κ1) is 25.6. The fourth-order valence-corrected chi connectivity index (χ4v) is 4.54. The van der Waals surface area contributed by atoms with Gasteiger partial charge in [0.2, 0.25) is 11.8 Å². The Labute approximate surface area is 209 Å². The first-order valence-electron chi connectivity index (χ1n) is 12.6. The molecule has 1 saturated heterocycles. The Balaban J connectivity index is 1.52. The van der Waals surface area contributed by atoms with E-state index < -0.39 is 23.8 Å². The summed E-state index contributed by atoms with van der Waals surface area (Å²) in [7, 11) is 0. The summed E-state index contributed by atoms with van der Waals surface area (Å²) in [6.45, 7) is 8.36. The highest BCUT2D eigenvalue weighted by atomic mass is 19.1. The molecule has 0 bridgehead atoms. The number of hydrogen-bond acceptors (Lipinski definition) is 7. The van der Waals surface area contributed by atoms with Gasteiger partial charge in [-0.3, -0.25) is 9.59 Å². The SMILES string of the molecule is CC[C@H]1CCCCN1C(=O)CC(Nc1nc(C(C)C)no1)C(=O)NC(C)c1nc2c(F)cccc2[nH]1. The van der Waals surface area contributed by atoms with Crippen LogP contribution < -0.4 is 10.6 Å². The van der Waals surface area contributed by atoms with Crippen molar-refractivity contribution >= 4 is 28.9 Å². The van der Waals surface area contributed by atoms with Gasteiger partial charge in [0.1, 0.15) is 17.4 Å². The number of nitrogens with one attached hydrogen (secondary N) is 3. The van der Waals surface area contributed by atoms with Gasteiger partial charge in [-0.15, -0.1) is 0 Å². The zero-order chi connectivity index (χ0) is 25.8. The molecular formula is C25H34FN7O3. The largest absolute Gasteiger partial charge is 0.345 e. The minimum absolute atomic E-state index is 0.0466. The lowest BCUT2D eigenvalue weighted by Crippen LogP contribution is -2.48.